The predicted molar refractivity (Wildman–Crippen MR) is 128 cm³/mol. The van der Waals surface area contributed by atoms with Crippen LogP contribution in [0.1, 0.15) is 29.5 Å². The minimum Gasteiger partial charge on any atom is -0.380 e. The monoisotopic (exact) mass is 478 g/mol. The molecule has 3 heterocycles. The van der Waals surface area contributed by atoms with Crippen LogP contribution in [0.25, 0.3) is 0 Å². The number of carbonyl (C=O) groups is 2. The first-order valence-electron chi connectivity index (χ1n) is 11.5. The van der Waals surface area contributed by atoms with E-state index in [1.807, 2.05) is 48.5 Å². The first kappa shape index (κ1) is 22.8. The number of para-hydroxylation sites is 1. The van der Waals surface area contributed by atoms with Crippen LogP contribution in [0.3, 0.4) is 0 Å². The lowest BCUT2D eigenvalue weighted by Gasteiger charge is -2.34. The van der Waals surface area contributed by atoms with E-state index in [0.717, 1.165) is 48.9 Å². The van der Waals surface area contributed by atoms with Crippen LogP contribution in [-0.2, 0) is 22.7 Å². The molecule has 8 nitrogen and oxygen atoms in total. The van der Waals surface area contributed by atoms with E-state index in [1.165, 1.54) is 4.90 Å². The summed E-state index contributed by atoms with van der Waals surface area (Å²) in [6.07, 6.45) is -0.923. The molecular weight excluding hydrogens is 451 g/mol. The van der Waals surface area contributed by atoms with Gasteiger partial charge in [-0.1, -0.05) is 36.4 Å². The lowest BCUT2D eigenvalue weighted by Crippen LogP contribution is -2.48. The van der Waals surface area contributed by atoms with Gasteiger partial charge in [0, 0.05) is 31.3 Å². The minimum atomic E-state index is -1.79. The van der Waals surface area contributed by atoms with E-state index < -0.39 is 32.1 Å². The van der Waals surface area contributed by atoms with Crippen LogP contribution in [0, 0.1) is 11.3 Å². The van der Waals surface area contributed by atoms with E-state index in [0.29, 0.717) is 18.7 Å². The van der Waals surface area contributed by atoms with Gasteiger partial charge in [-0.25, -0.2) is 0 Å². The standard InChI is InChI=1S/C25H27N4O4P/c26-13-17-5-3-4-8-20(17)28-11-9-25(10-12-28)16-34(25)27-23(32)21(30)22(31)24(33)29-14-18-6-1-2-7-19(18)15-29/h1-8,21-22,30-31H,9-12,14-16H2,(H,27,32)/t21-,22-,34?/m1/s1. The van der Waals surface area contributed by atoms with E-state index in [9.17, 15) is 25.1 Å². The van der Waals surface area contributed by atoms with Gasteiger partial charge in [0.1, 0.15) is 6.07 Å². The van der Waals surface area contributed by atoms with Gasteiger partial charge in [-0.3, -0.25) is 9.59 Å². The number of amides is 2. The molecule has 0 bridgehead atoms. The Bertz CT molecular complexity index is 1130. The van der Waals surface area contributed by atoms with Crippen molar-refractivity contribution in [3.05, 3.63) is 65.2 Å². The zero-order chi connectivity index (χ0) is 23.9. The number of piperidine rings is 1. The summed E-state index contributed by atoms with van der Waals surface area (Å²) in [7, 11) is -0.803. The fourth-order valence-electron chi connectivity index (χ4n) is 5.01. The molecule has 9 heteroatoms. The highest BCUT2D eigenvalue weighted by Gasteiger charge is 2.56. The molecule has 3 aliphatic heterocycles. The fraction of sp³-hybridized carbons (Fsp3) is 0.400. The number of nitriles is 1. The number of anilines is 1. The van der Waals surface area contributed by atoms with Crippen molar-refractivity contribution in [3.8, 4) is 6.07 Å². The maximum Gasteiger partial charge on any atom is 0.255 e. The number of nitrogens with zero attached hydrogens (tertiary/aromatic N) is 3. The summed E-state index contributed by atoms with van der Waals surface area (Å²) in [5.74, 6) is -1.32. The van der Waals surface area contributed by atoms with Crippen LogP contribution in [0.4, 0.5) is 5.69 Å². The molecule has 0 aromatic heterocycles. The third kappa shape index (κ3) is 4.16. The molecule has 3 aliphatic rings. The Morgan fingerprint density at radius 2 is 1.62 bits per heavy atom. The Hall–Kier alpha value is -2.98. The average Bonchev–Trinajstić information content (AvgIpc) is 3.33. The number of rotatable bonds is 5. The van der Waals surface area contributed by atoms with Crippen LogP contribution in [0.2, 0.25) is 0 Å². The van der Waals surface area contributed by atoms with Crippen LogP contribution in [-0.4, -0.2) is 63.5 Å². The lowest BCUT2D eigenvalue weighted by molar-refractivity contribution is -0.152. The Labute approximate surface area is 199 Å². The number of carbonyl (C=O) groups excluding carboxylic acids is 2. The molecule has 0 aliphatic carbocycles. The zero-order valence-corrected chi connectivity index (χ0v) is 19.6. The number of aliphatic hydroxyl groups is 2. The molecule has 0 saturated carbocycles. The lowest BCUT2D eigenvalue weighted by atomic mass is 9.98. The molecule has 2 amide bonds. The number of nitrogens with one attached hydrogen (secondary N) is 1. The first-order valence-corrected chi connectivity index (χ1v) is 13.0. The summed E-state index contributed by atoms with van der Waals surface area (Å²) in [4.78, 5) is 29.0. The van der Waals surface area contributed by atoms with Crippen molar-refractivity contribution in [2.24, 2.45) is 0 Å². The number of fused-ring (bicyclic) bond motifs is 1. The van der Waals surface area contributed by atoms with Crippen molar-refractivity contribution in [3.63, 3.8) is 0 Å². The third-order valence-corrected chi connectivity index (χ3v) is 9.98. The second-order valence-electron chi connectivity index (χ2n) is 9.26. The van der Waals surface area contributed by atoms with Gasteiger partial charge in [0.15, 0.2) is 12.2 Å². The quantitative estimate of drug-likeness (QED) is 0.563. The van der Waals surface area contributed by atoms with Gasteiger partial charge in [-0.05, 0) is 50.3 Å². The molecule has 5 rings (SSSR count). The second kappa shape index (κ2) is 8.99. The maximum absolute atomic E-state index is 12.7. The molecule has 1 spiro atoms. The maximum atomic E-state index is 12.7. The molecule has 2 saturated heterocycles. The largest absolute Gasteiger partial charge is 0.380 e. The van der Waals surface area contributed by atoms with Gasteiger partial charge in [0.2, 0.25) is 0 Å². The van der Waals surface area contributed by atoms with Gasteiger partial charge in [-0.2, -0.15) is 5.26 Å². The predicted octanol–water partition coefficient (Wildman–Crippen LogP) is 1.69. The van der Waals surface area contributed by atoms with E-state index in [2.05, 4.69) is 16.1 Å². The van der Waals surface area contributed by atoms with Crippen LogP contribution in [0.15, 0.2) is 48.5 Å². The van der Waals surface area contributed by atoms with Gasteiger partial charge >= 0.3 is 0 Å². The number of benzene rings is 2. The van der Waals surface area contributed by atoms with E-state index in [-0.39, 0.29) is 5.16 Å². The Kier molecular flexibility index (Phi) is 6.03. The van der Waals surface area contributed by atoms with Gasteiger partial charge in [-0.15, -0.1) is 0 Å². The molecule has 2 aromatic carbocycles. The topological polar surface area (TPSA) is 117 Å². The number of hydrogen-bond acceptors (Lipinski definition) is 6. The molecule has 34 heavy (non-hydrogen) atoms. The van der Waals surface area contributed by atoms with Gasteiger partial charge < -0.3 is 25.1 Å². The molecule has 2 fully saturated rings. The summed E-state index contributed by atoms with van der Waals surface area (Å²) < 4.78 is 0. The Balaban J connectivity index is 1.13. The summed E-state index contributed by atoms with van der Waals surface area (Å²) in [6.45, 7) is 2.32. The molecule has 3 atom stereocenters. The van der Waals surface area contributed by atoms with Crippen molar-refractivity contribution in [2.45, 2.75) is 43.3 Å². The summed E-state index contributed by atoms with van der Waals surface area (Å²) >= 11 is 0. The minimum absolute atomic E-state index is 0.0361. The highest BCUT2D eigenvalue weighted by molar-refractivity contribution is 7.66. The van der Waals surface area contributed by atoms with E-state index >= 15 is 0 Å². The SMILES string of the molecule is N#Cc1ccccc1N1CCC2(CC1)CP2NC(=O)[C@H](O)[C@@H](O)C(=O)N1Cc2ccccc2C1. The highest BCUT2D eigenvalue weighted by Crippen LogP contribution is 2.69. The molecule has 2 aromatic rings. The van der Waals surface area contributed by atoms with E-state index in [4.69, 9.17) is 0 Å². The van der Waals surface area contributed by atoms with Gasteiger partial charge in [0.25, 0.3) is 11.8 Å². The summed E-state index contributed by atoms with van der Waals surface area (Å²) in [5, 5.41) is 33.1. The molecular formula is C25H27N4O4P. The first-order chi connectivity index (χ1) is 16.4. The Morgan fingerprint density at radius 1 is 1.00 bits per heavy atom. The molecule has 1 unspecified atom stereocenters. The smallest absolute Gasteiger partial charge is 0.255 e. The van der Waals surface area contributed by atoms with Crippen molar-refractivity contribution in [1.82, 2.24) is 9.99 Å². The van der Waals surface area contributed by atoms with Crippen molar-refractivity contribution < 1.29 is 19.8 Å². The zero-order valence-electron chi connectivity index (χ0n) is 18.7. The second-order valence-corrected chi connectivity index (χ2v) is 11.6. The average molecular weight is 478 g/mol. The van der Waals surface area contributed by atoms with Crippen LogP contribution < -0.4 is 9.99 Å². The fourth-order valence-corrected chi connectivity index (χ4v) is 7.51. The molecule has 0 radical (unpaired) electrons. The number of aliphatic hydroxyl groups excluding tert-OH is 2. The van der Waals surface area contributed by atoms with Gasteiger partial charge in [0.05, 0.1) is 11.3 Å². The van der Waals surface area contributed by atoms with Crippen LogP contribution >= 0.6 is 8.07 Å². The van der Waals surface area contributed by atoms with Crippen molar-refractivity contribution >= 4 is 25.6 Å². The summed E-state index contributed by atoms with van der Waals surface area (Å²) in [5.41, 5.74) is 3.62. The van der Waals surface area contributed by atoms with Crippen molar-refractivity contribution in [1.29, 1.82) is 5.26 Å². The molecule has 176 valence electrons. The summed E-state index contributed by atoms with van der Waals surface area (Å²) in [6, 6.07) is 17.5. The Morgan fingerprint density at radius 3 is 2.26 bits per heavy atom. The number of hydrogen-bond donors (Lipinski definition) is 3. The van der Waals surface area contributed by atoms with Crippen LogP contribution in [0.5, 0.6) is 0 Å². The third-order valence-electron chi connectivity index (χ3n) is 7.20. The normalized spacial score (nSPS) is 22.0. The molecule has 3 N–H and O–H groups in total. The highest BCUT2D eigenvalue weighted by atomic mass is 31.1. The van der Waals surface area contributed by atoms with Crippen molar-refractivity contribution in [2.75, 3.05) is 24.2 Å². The van der Waals surface area contributed by atoms with E-state index in [1.54, 1.807) is 0 Å².